The highest BCUT2D eigenvalue weighted by Gasteiger charge is 2.45. The summed E-state index contributed by atoms with van der Waals surface area (Å²) in [5.41, 5.74) is 1.81. The topological polar surface area (TPSA) is 69.1 Å². The van der Waals surface area contributed by atoms with Crippen molar-refractivity contribution in [1.29, 1.82) is 0 Å². The standard InChI is InChI=1S/C26H27BrCl2N4O4/c27-14-25(34)33-11-9-32(10-12-33)20-2-4-21(5-3-20)35-15-22-16-36-26(37-22,17-31-8-7-30-18-31)23-6-1-19(28)13-24(23)29/h1-8,13,18,22H,9-12,14-17H2. The van der Waals surface area contributed by atoms with Crippen LogP contribution in [0.25, 0.3) is 0 Å². The maximum Gasteiger partial charge on any atom is 0.233 e. The molecular formula is C26H27BrCl2N4O4. The molecule has 2 aliphatic rings. The van der Waals surface area contributed by atoms with Crippen LogP contribution < -0.4 is 9.64 Å². The normalized spacial score (nSPS) is 21.9. The highest BCUT2D eigenvalue weighted by atomic mass is 79.9. The molecular weight excluding hydrogens is 583 g/mol. The number of benzene rings is 2. The Morgan fingerprint density at radius 3 is 2.59 bits per heavy atom. The molecule has 3 heterocycles. The minimum absolute atomic E-state index is 0.133. The van der Waals surface area contributed by atoms with Crippen LogP contribution in [-0.2, 0) is 26.6 Å². The second-order valence-corrected chi connectivity index (χ2v) is 10.4. The fourth-order valence-electron chi connectivity index (χ4n) is 4.62. The van der Waals surface area contributed by atoms with Gasteiger partial charge < -0.3 is 28.6 Å². The van der Waals surface area contributed by atoms with Crippen LogP contribution in [0.2, 0.25) is 10.0 Å². The van der Waals surface area contributed by atoms with Crippen LogP contribution >= 0.6 is 39.1 Å². The van der Waals surface area contributed by atoms with Gasteiger partial charge in [-0.3, -0.25) is 4.79 Å². The molecule has 2 fully saturated rings. The third kappa shape index (κ3) is 6.07. The van der Waals surface area contributed by atoms with Crippen molar-refractivity contribution < 1.29 is 19.0 Å². The van der Waals surface area contributed by atoms with E-state index in [4.69, 9.17) is 37.4 Å². The van der Waals surface area contributed by atoms with Crippen LogP contribution in [0.4, 0.5) is 5.69 Å². The van der Waals surface area contributed by atoms with Gasteiger partial charge in [-0.2, -0.15) is 0 Å². The molecule has 1 amide bonds. The molecule has 0 bridgehead atoms. The van der Waals surface area contributed by atoms with E-state index < -0.39 is 5.79 Å². The van der Waals surface area contributed by atoms with Crippen molar-refractivity contribution in [2.45, 2.75) is 18.4 Å². The summed E-state index contributed by atoms with van der Waals surface area (Å²) >= 11 is 15.9. The lowest BCUT2D eigenvalue weighted by Gasteiger charge is -2.36. The zero-order chi connectivity index (χ0) is 25.8. The summed E-state index contributed by atoms with van der Waals surface area (Å²) in [6, 6.07) is 13.3. The van der Waals surface area contributed by atoms with Crippen LogP contribution in [0, 0.1) is 0 Å². The molecule has 196 valence electrons. The molecule has 1 aromatic heterocycles. The van der Waals surface area contributed by atoms with Crippen molar-refractivity contribution in [3.8, 4) is 5.75 Å². The van der Waals surface area contributed by atoms with Crippen LogP contribution in [0.5, 0.6) is 5.75 Å². The summed E-state index contributed by atoms with van der Waals surface area (Å²) in [5.74, 6) is -0.204. The minimum atomic E-state index is -1.08. The summed E-state index contributed by atoms with van der Waals surface area (Å²) in [6.45, 7) is 4.11. The van der Waals surface area contributed by atoms with Crippen LogP contribution in [0.1, 0.15) is 5.56 Å². The Kier molecular flexibility index (Phi) is 8.26. The Labute approximate surface area is 234 Å². The van der Waals surface area contributed by atoms with Gasteiger partial charge in [0.1, 0.15) is 18.5 Å². The number of carbonyl (C=O) groups is 1. The van der Waals surface area contributed by atoms with Gasteiger partial charge in [-0.05, 0) is 36.4 Å². The molecule has 2 aromatic carbocycles. The third-order valence-corrected chi connectivity index (χ3v) is 7.56. The largest absolute Gasteiger partial charge is 0.491 e. The number of alkyl halides is 1. The highest BCUT2D eigenvalue weighted by Crippen LogP contribution is 2.40. The molecule has 0 radical (unpaired) electrons. The Morgan fingerprint density at radius 1 is 1.14 bits per heavy atom. The van der Waals surface area contributed by atoms with Crippen LogP contribution in [0.3, 0.4) is 0 Å². The predicted molar refractivity (Wildman–Crippen MR) is 146 cm³/mol. The van der Waals surface area contributed by atoms with Crippen molar-refractivity contribution in [3.63, 3.8) is 0 Å². The van der Waals surface area contributed by atoms with E-state index in [2.05, 4.69) is 25.8 Å². The lowest BCUT2D eigenvalue weighted by Crippen LogP contribution is -2.49. The van der Waals surface area contributed by atoms with Gasteiger partial charge in [-0.25, -0.2) is 4.98 Å². The monoisotopic (exact) mass is 608 g/mol. The van der Waals surface area contributed by atoms with E-state index in [1.54, 1.807) is 24.7 Å². The zero-order valence-electron chi connectivity index (χ0n) is 20.1. The number of nitrogens with zero attached hydrogens (tertiary/aromatic N) is 4. The summed E-state index contributed by atoms with van der Waals surface area (Å²) in [7, 11) is 0. The van der Waals surface area contributed by atoms with Gasteiger partial charge in [0.2, 0.25) is 11.7 Å². The van der Waals surface area contributed by atoms with E-state index in [0.29, 0.717) is 40.7 Å². The van der Waals surface area contributed by atoms with E-state index >= 15 is 0 Å². The molecule has 2 aliphatic heterocycles. The number of aromatic nitrogens is 2. The average Bonchev–Trinajstić information content (AvgIpc) is 3.58. The number of carbonyl (C=O) groups excluding carboxylic acids is 1. The smallest absolute Gasteiger partial charge is 0.233 e. The van der Waals surface area contributed by atoms with Crippen molar-refractivity contribution in [1.82, 2.24) is 14.5 Å². The second-order valence-electron chi connectivity index (χ2n) is 8.97. The first-order valence-electron chi connectivity index (χ1n) is 12.0. The summed E-state index contributed by atoms with van der Waals surface area (Å²) in [5, 5.41) is 1.39. The van der Waals surface area contributed by atoms with E-state index in [0.717, 1.165) is 37.6 Å². The molecule has 0 saturated carbocycles. The lowest BCUT2D eigenvalue weighted by molar-refractivity contribution is -0.189. The molecule has 0 aliphatic carbocycles. The number of halogens is 3. The van der Waals surface area contributed by atoms with Crippen molar-refractivity contribution in [2.24, 2.45) is 0 Å². The fraction of sp³-hybridized carbons (Fsp3) is 0.385. The number of hydrogen-bond donors (Lipinski definition) is 0. The summed E-state index contributed by atoms with van der Waals surface area (Å²) in [6.07, 6.45) is 4.97. The maximum atomic E-state index is 11.9. The van der Waals surface area contributed by atoms with Gasteiger partial charge >= 0.3 is 0 Å². The minimum Gasteiger partial charge on any atom is -0.491 e. The molecule has 2 atom stereocenters. The van der Waals surface area contributed by atoms with E-state index in [1.165, 1.54) is 0 Å². The molecule has 0 spiro atoms. The van der Waals surface area contributed by atoms with E-state index in [1.807, 2.05) is 46.0 Å². The molecule has 2 unspecified atom stereocenters. The Bertz CT molecular complexity index is 1210. The molecule has 11 heteroatoms. The van der Waals surface area contributed by atoms with Gasteiger partial charge in [-0.15, -0.1) is 0 Å². The molecule has 5 rings (SSSR count). The van der Waals surface area contributed by atoms with E-state index in [-0.39, 0.29) is 12.0 Å². The summed E-state index contributed by atoms with van der Waals surface area (Å²) < 4.78 is 20.6. The van der Waals surface area contributed by atoms with Crippen LogP contribution in [0.15, 0.2) is 61.2 Å². The molecule has 8 nitrogen and oxygen atoms in total. The SMILES string of the molecule is O=C(CBr)N1CCN(c2ccc(OCC3COC(Cn4ccnc4)(c4ccc(Cl)cc4Cl)O3)cc2)CC1. The first-order chi connectivity index (χ1) is 18.0. The second kappa shape index (κ2) is 11.6. The van der Waals surface area contributed by atoms with Gasteiger partial charge in [0, 0.05) is 54.8 Å². The maximum absolute atomic E-state index is 11.9. The zero-order valence-corrected chi connectivity index (χ0v) is 23.2. The highest BCUT2D eigenvalue weighted by molar-refractivity contribution is 9.09. The molecule has 3 aromatic rings. The van der Waals surface area contributed by atoms with Gasteiger partial charge in [0.25, 0.3) is 0 Å². The number of hydrogen-bond acceptors (Lipinski definition) is 6. The van der Waals surface area contributed by atoms with Gasteiger partial charge in [0.05, 0.1) is 29.8 Å². The average molecular weight is 610 g/mol. The number of rotatable bonds is 8. The van der Waals surface area contributed by atoms with Gasteiger partial charge in [-0.1, -0.05) is 45.2 Å². The first-order valence-corrected chi connectivity index (χ1v) is 13.9. The van der Waals surface area contributed by atoms with Crippen molar-refractivity contribution in [3.05, 3.63) is 76.8 Å². The fourth-order valence-corrected chi connectivity index (χ4v) is 5.52. The number of amides is 1. The van der Waals surface area contributed by atoms with Crippen LogP contribution in [-0.4, -0.2) is 71.2 Å². The van der Waals surface area contributed by atoms with E-state index in [9.17, 15) is 4.79 Å². The molecule has 37 heavy (non-hydrogen) atoms. The first kappa shape index (κ1) is 26.3. The van der Waals surface area contributed by atoms with Crippen molar-refractivity contribution in [2.75, 3.05) is 49.6 Å². The number of imidazole rings is 1. The Morgan fingerprint density at radius 2 is 1.92 bits per heavy atom. The quantitative estimate of drug-likeness (QED) is 0.348. The number of anilines is 1. The van der Waals surface area contributed by atoms with Gasteiger partial charge in [0.15, 0.2) is 0 Å². The Hall–Kier alpha value is -2.30. The predicted octanol–water partition coefficient (Wildman–Crippen LogP) is 4.58. The Balaban J connectivity index is 1.20. The molecule has 2 saturated heterocycles. The summed E-state index contributed by atoms with van der Waals surface area (Å²) in [4.78, 5) is 20.2. The van der Waals surface area contributed by atoms with Crippen molar-refractivity contribution >= 4 is 50.7 Å². The number of piperazine rings is 1. The molecule has 0 N–H and O–H groups in total. The lowest BCUT2D eigenvalue weighted by atomic mass is 10.1. The number of ether oxygens (including phenoxy) is 3. The third-order valence-electron chi connectivity index (χ3n) is 6.54.